The van der Waals surface area contributed by atoms with Crippen molar-refractivity contribution >= 4 is 95.5 Å². The summed E-state index contributed by atoms with van der Waals surface area (Å²) in [6.45, 7) is 0. The molecule has 0 saturated carbocycles. The summed E-state index contributed by atoms with van der Waals surface area (Å²) >= 11 is 34.4. The minimum Gasteiger partial charge on any atom is -0.778 e. The van der Waals surface area contributed by atoms with E-state index in [-0.39, 0.29) is 16.5 Å². The van der Waals surface area contributed by atoms with E-state index in [0.717, 1.165) is 11.4 Å². The fraction of sp³-hybridized carbons (Fsp3) is 0. The topological polar surface area (TPSA) is 24.7 Å². The van der Waals surface area contributed by atoms with Crippen LogP contribution in [0.25, 0.3) is 0 Å². The van der Waals surface area contributed by atoms with Crippen molar-refractivity contribution in [3.63, 3.8) is 0 Å². The Morgan fingerprint density at radius 1 is 0.486 bits per heavy atom. The van der Waals surface area contributed by atoms with Crippen LogP contribution in [0.2, 0.25) is 20.1 Å². The summed E-state index contributed by atoms with van der Waals surface area (Å²) in [5, 5.41) is 2.29. The minimum absolute atomic E-state index is 0. The maximum Gasteiger partial charge on any atom is 2.00 e. The van der Waals surface area contributed by atoms with Gasteiger partial charge in [-0.15, -0.1) is 9.79 Å². The molecular weight excluding hydrogens is 605 g/mol. The number of para-hydroxylation sites is 2. The molecule has 0 aliphatic rings. The van der Waals surface area contributed by atoms with Crippen LogP contribution >= 0.6 is 46.4 Å². The second kappa shape index (κ2) is 14.8. The van der Waals surface area contributed by atoms with Crippen LogP contribution in [0.1, 0.15) is 11.1 Å². The summed E-state index contributed by atoms with van der Waals surface area (Å²) < 4.78 is 0. The summed E-state index contributed by atoms with van der Waals surface area (Å²) in [5.41, 5.74) is 2.88. The molecule has 0 bridgehead atoms. The van der Waals surface area contributed by atoms with Crippen LogP contribution in [0.4, 0.5) is 11.4 Å². The average molecular weight is 621 g/mol. The van der Waals surface area contributed by atoms with Crippen molar-refractivity contribution in [3.05, 3.63) is 116 Å². The molecule has 0 spiro atoms. The molecular formula is C26H16Cl4N2NiS2. The van der Waals surface area contributed by atoms with Crippen LogP contribution in [-0.2, 0) is 41.7 Å². The van der Waals surface area contributed by atoms with Crippen molar-refractivity contribution in [1.82, 2.24) is 0 Å². The number of hydrogen-bond acceptors (Lipinski definition) is 4. The third-order valence-electron chi connectivity index (χ3n) is 4.40. The van der Waals surface area contributed by atoms with Gasteiger partial charge in [-0.3, -0.25) is 9.98 Å². The van der Waals surface area contributed by atoms with Gasteiger partial charge in [0.05, 0.1) is 20.1 Å². The van der Waals surface area contributed by atoms with Gasteiger partial charge in [-0.1, -0.05) is 94.9 Å². The Morgan fingerprint density at radius 2 is 0.800 bits per heavy atom. The quantitative estimate of drug-likeness (QED) is 0.129. The van der Waals surface area contributed by atoms with Gasteiger partial charge in [0.15, 0.2) is 0 Å². The monoisotopic (exact) mass is 618 g/mol. The zero-order valence-electron chi connectivity index (χ0n) is 17.8. The first kappa shape index (κ1) is 29.5. The number of halogens is 4. The van der Waals surface area contributed by atoms with Gasteiger partial charge in [0, 0.05) is 34.9 Å². The van der Waals surface area contributed by atoms with Crippen molar-refractivity contribution in [1.29, 1.82) is 0 Å². The Balaban J connectivity index is 0.000000240. The molecule has 0 radical (unpaired) electrons. The van der Waals surface area contributed by atoms with Crippen molar-refractivity contribution in [2.45, 2.75) is 9.79 Å². The van der Waals surface area contributed by atoms with E-state index >= 15 is 0 Å². The number of hydrogen-bond donors (Lipinski definition) is 0. The molecule has 0 N–H and O–H groups in total. The number of benzene rings is 4. The van der Waals surface area contributed by atoms with E-state index in [4.69, 9.17) is 71.7 Å². The number of aliphatic imine (C=N–C) groups is 2. The van der Waals surface area contributed by atoms with Gasteiger partial charge in [-0.25, -0.2) is 0 Å². The first-order valence-electron chi connectivity index (χ1n) is 9.85. The van der Waals surface area contributed by atoms with Gasteiger partial charge in [0.25, 0.3) is 0 Å². The molecule has 35 heavy (non-hydrogen) atoms. The Hall–Kier alpha value is -1.69. The van der Waals surface area contributed by atoms with Crippen LogP contribution in [0.5, 0.6) is 0 Å². The summed E-state index contributed by atoms with van der Waals surface area (Å²) in [6, 6.07) is 25.6. The maximum atomic E-state index is 6.03. The third kappa shape index (κ3) is 8.73. The molecule has 4 aromatic carbocycles. The minimum atomic E-state index is 0. The Morgan fingerprint density at radius 3 is 1.11 bits per heavy atom. The standard InChI is InChI=1S/2C13H9Cl2NS.Ni/c2*14-10-4-3-5-11(15)9(10)8-16-12-6-1-2-7-13(12)17;/h2*1-8,17H;/q;;+2/p-2. The maximum absolute atomic E-state index is 6.03. The molecule has 0 fully saturated rings. The molecule has 2 nitrogen and oxygen atoms in total. The van der Waals surface area contributed by atoms with E-state index in [1.54, 1.807) is 48.8 Å². The van der Waals surface area contributed by atoms with Crippen LogP contribution in [0.15, 0.2) is 105 Å². The fourth-order valence-corrected chi connectivity index (χ4v) is 4.05. The van der Waals surface area contributed by atoms with E-state index in [0.29, 0.717) is 41.0 Å². The van der Waals surface area contributed by atoms with Crippen molar-refractivity contribution in [2.24, 2.45) is 9.98 Å². The molecule has 9 heteroatoms. The normalized spacial score (nSPS) is 10.6. The van der Waals surface area contributed by atoms with Gasteiger partial charge in [-0.2, -0.15) is 0 Å². The summed E-state index contributed by atoms with van der Waals surface area (Å²) in [7, 11) is 0. The fourth-order valence-electron chi connectivity index (χ4n) is 2.66. The van der Waals surface area contributed by atoms with Gasteiger partial charge >= 0.3 is 16.5 Å². The third-order valence-corrected chi connectivity index (χ3v) is 6.40. The van der Waals surface area contributed by atoms with Crippen LogP contribution < -0.4 is 0 Å². The average Bonchev–Trinajstić information content (AvgIpc) is 2.81. The zero-order chi connectivity index (χ0) is 24.5. The molecule has 0 atom stereocenters. The van der Waals surface area contributed by atoms with Gasteiger partial charge in [0.2, 0.25) is 0 Å². The van der Waals surface area contributed by atoms with Crippen LogP contribution in [-0.4, -0.2) is 12.4 Å². The molecule has 180 valence electrons. The first-order chi connectivity index (χ1) is 16.4. The molecule has 0 amide bonds. The van der Waals surface area contributed by atoms with Crippen molar-refractivity contribution in [3.8, 4) is 0 Å². The summed E-state index contributed by atoms with van der Waals surface area (Å²) in [6.07, 6.45) is 3.27. The van der Waals surface area contributed by atoms with E-state index in [1.807, 2.05) is 48.5 Å². The molecule has 0 unspecified atom stereocenters. The molecule has 4 rings (SSSR count). The van der Waals surface area contributed by atoms with E-state index in [9.17, 15) is 0 Å². The van der Waals surface area contributed by atoms with Crippen molar-refractivity contribution in [2.75, 3.05) is 0 Å². The summed E-state index contributed by atoms with van der Waals surface area (Å²) in [4.78, 5) is 10.0. The molecule has 0 heterocycles. The largest absolute Gasteiger partial charge is 2.00 e. The van der Waals surface area contributed by atoms with Crippen LogP contribution in [0, 0.1) is 0 Å². The number of nitrogens with zero attached hydrogens (tertiary/aromatic N) is 2. The first-order valence-corrected chi connectivity index (χ1v) is 12.2. The number of rotatable bonds is 4. The van der Waals surface area contributed by atoms with Gasteiger partial charge in [0.1, 0.15) is 0 Å². The van der Waals surface area contributed by atoms with Gasteiger partial charge in [-0.05, 0) is 36.4 Å². The smallest absolute Gasteiger partial charge is 0.778 e. The Kier molecular flexibility index (Phi) is 12.5. The molecule has 0 saturated heterocycles. The Labute approximate surface area is 246 Å². The van der Waals surface area contributed by atoms with E-state index < -0.39 is 0 Å². The molecule has 0 aromatic heterocycles. The van der Waals surface area contributed by atoms with E-state index in [2.05, 4.69) is 9.98 Å². The zero-order valence-corrected chi connectivity index (χ0v) is 23.4. The summed E-state index contributed by atoms with van der Waals surface area (Å²) in [5.74, 6) is 0. The van der Waals surface area contributed by atoms with Crippen molar-refractivity contribution < 1.29 is 16.5 Å². The second-order valence-electron chi connectivity index (χ2n) is 6.72. The second-order valence-corrected chi connectivity index (χ2v) is 9.23. The van der Waals surface area contributed by atoms with Gasteiger partial charge < -0.3 is 25.3 Å². The molecule has 0 aliphatic carbocycles. The predicted octanol–water partition coefficient (Wildman–Crippen LogP) is 9.30. The Bertz CT molecular complexity index is 1200. The van der Waals surface area contributed by atoms with E-state index in [1.165, 1.54) is 0 Å². The molecule has 0 aliphatic heterocycles. The SMILES string of the molecule is [Ni+2].[S-]c1ccccc1N=Cc1c(Cl)cccc1Cl.[S-]c1ccccc1N=Cc1c(Cl)cccc1Cl. The van der Waals surface area contributed by atoms with Crippen LogP contribution in [0.3, 0.4) is 0 Å². The molecule has 4 aromatic rings. The predicted molar refractivity (Wildman–Crippen MR) is 152 cm³/mol.